The van der Waals surface area contributed by atoms with Crippen molar-refractivity contribution in [3.05, 3.63) is 47.3 Å². The molecule has 5 heteroatoms. The molecule has 0 aliphatic rings. The number of benzene rings is 1. The van der Waals surface area contributed by atoms with Gasteiger partial charge in [-0.15, -0.1) is 0 Å². The van der Waals surface area contributed by atoms with Crippen LogP contribution in [-0.2, 0) is 5.54 Å². The van der Waals surface area contributed by atoms with Gasteiger partial charge in [0.25, 0.3) is 5.91 Å². The van der Waals surface area contributed by atoms with Gasteiger partial charge in [0.15, 0.2) is 0 Å². The molecule has 5 nitrogen and oxygen atoms in total. The molecule has 1 atom stereocenters. The van der Waals surface area contributed by atoms with Crippen LogP contribution in [0.1, 0.15) is 82.2 Å². The highest BCUT2D eigenvalue weighted by atomic mass is 16.5. The maximum absolute atomic E-state index is 12.7. The maximum atomic E-state index is 12.7. The van der Waals surface area contributed by atoms with Crippen LogP contribution in [0.25, 0.3) is 0 Å². The Kier molecular flexibility index (Phi) is 6.11. The number of hydrogen-bond acceptors (Lipinski definition) is 3. The first kappa shape index (κ1) is 20.0. The summed E-state index contributed by atoms with van der Waals surface area (Å²) in [6.07, 6.45) is 0. The number of aromatic nitrogens is 2. The van der Waals surface area contributed by atoms with E-state index < -0.39 is 0 Å². The molecule has 1 heterocycles. The van der Waals surface area contributed by atoms with Crippen LogP contribution in [0.4, 0.5) is 0 Å². The topological polar surface area (TPSA) is 56.1 Å². The smallest absolute Gasteiger partial charge is 0.272 e. The molecule has 1 unspecified atom stereocenters. The Bertz CT molecular complexity index is 740. The summed E-state index contributed by atoms with van der Waals surface area (Å²) < 4.78 is 7.41. The van der Waals surface area contributed by atoms with Crippen LogP contribution in [0.3, 0.4) is 0 Å². The van der Waals surface area contributed by atoms with E-state index in [1.165, 1.54) is 0 Å². The second-order valence-corrected chi connectivity index (χ2v) is 7.89. The molecule has 0 spiro atoms. The lowest BCUT2D eigenvalue weighted by Crippen LogP contribution is -2.29. The Hall–Kier alpha value is -2.30. The number of rotatable bonds is 6. The number of carbonyl (C=O) groups excluding carboxylic acids is 1. The van der Waals surface area contributed by atoms with Crippen LogP contribution in [0.2, 0.25) is 0 Å². The van der Waals surface area contributed by atoms with Gasteiger partial charge in [-0.3, -0.25) is 9.48 Å². The Morgan fingerprint density at radius 2 is 1.81 bits per heavy atom. The molecule has 2 aromatic rings. The summed E-state index contributed by atoms with van der Waals surface area (Å²) in [7, 11) is 0. The van der Waals surface area contributed by atoms with Gasteiger partial charge in [0.2, 0.25) is 0 Å². The molecule has 0 fully saturated rings. The summed E-state index contributed by atoms with van der Waals surface area (Å²) in [4.78, 5) is 12.7. The van der Waals surface area contributed by atoms with Crippen LogP contribution < -0.4 is 10.1 Å². The minimum Gasteiger partial charge on any atom is -0.494 e. The van der Waals surface area contributed by atoms with E-state index in [-0.39, 0.29) is 17.5 Å². The van der Waals surface area contributed by atoms with Gasteiger partial charge in [-0.05, 0) is 64.3 Å². The number of nitrogens with one attached hydrogen (secondary N) is 1. The molecule has 142 valence electrons. The summed E-state index contributed by atoms with van der Waals surface area (Å²) in [5, 5.41) is 7.61. The van der Waals surface area contributed by atoms with Gasteiger partial charge < -0.3 is 10.1 Å². The summed E-state index contributed by atoms with van der Waals surface area (Å²) in [6, 6.07) is 9.59. The third-order valence-electron chi connectivity index (χ3n) is 4.24. The quantitative estimate of drug-likeness (QED) is 0.818. The molecule has 0 bridgehead atoms. The van der Waals surface area contributed by atoms with Gasteiger partial charge in [0.05, 0.1) is 18.2 Å². The van der Waals surface area contributed by atoms with Crippen molar-refractivity contribution in [3.8, 4) is 5.75 Å². The lowest BCUT2D eigenvalue weighted by Gasteiger charge is -2.23. The van der Waals surface area contributed by atoms with E-state index in [1.54, 1.807) is 0 Å². The fourth-order valence-electron chi connectivity index (χ4n) is 2.83. The standard InChI is InChI=1S/C21H31N3O2/c1-8-26-17-11-9-16(10-12-17)15(4)22-20(25)18-13-19(14(2)3)24(23-18)21(5,6)7/h9-15H,8H2,1-7H3,(H,22,25). The van der Waals surface area contributed by atoms with Gasteiger partial charge in [0.1, 0.15) is 11.4 Å². The minimum atomic E-state index is -0.168. The molecule has 2 rings (SSSR count). The lowest BCUT2D eigenvalue weighted by molar-refractivity contribution is 0.0933. The first-order valence-corrected chi connectivity index (χ1v) is 9.27. The number of hydrogen-bond donors (Lipinski definition) is 1. The predicted octanol–water partition coefficient (Wildman–Crippen LogP) is 4.65. The number of nitrogens with zero attached hydrogens (tertiary/aromatic N) is 2. The Balaban J connectivity index is 2.16. The van der Waals surface area contributed by atoms with Gasteiger partial charge in [-0.25, -0.2) is 0 Å². The van der Waals surface area contributed by atoms with E-state index in [1.807, 2.05) is 48.9 Å². The third kappa shape index (κ3) is 4.65. The highest BCUT2D eigenvalue weighted by Gasteiger charge is 2.24. The van der Waals surface area contributed by atoms with Crippen LogP contribution >= 0.6 is 0 Å². The molecule has 0 aliphatic carbocycles. The van der Waals surface area contributed by atoms with Crippen LogP contribution in [0.5, 0.6) is 5.75 Å². The highest BCUT2D eigenvalue weighted by molar-refractivity contribution is 5.92. The normalized spacial score (nSPS) is 12.9. The monoisotopic (exact) mass is 357 g/mol. The van der Waals surface area contributed by atoms with Crippen molar-refractivity contribution in [2.24, 2.45) is 0 Å². The molecular weight excluding hydrogens is 326 g/mol. The average molecular weight is 357 g/mol. The lowest BCUT2D eigenvalue weighted by atomic mass is 10.1. The zero-order valence-corrected chi connectivity index (χ0v) is 17.0. The van der Waals surface area contributed by atoms with Crippen LogP contribution in [-0.4, -0.2) is 22.3 Å². The molecule has 1 aromatic heterocycles. The Labute approximate surface area is 156 Å². The first-order chi connectivity index (χ1) is 12.1. The predicted molar refractivity (Wildman–Crippen MR) is 105 cm³/mol. The fraction of sp³-hybridized carbons (Fsp3) is 0.524. The van der Waals surface area contributed by atoms with Crippen molar-refractivity contribution < 1.29 is 9.53 Å². The van der Waals surface area contributed by atoms with Crippen molar-refractivity contribution in [2.75, 3.05) is 6.61 Å². The van der Waals surface area contributed by atoms with E-state index in [0.29, 0.717) is 18.2 Å². The summed E-state index contributed by atoms with van der Waals surface area (Å²) in [6.45, 7) is 15.1. The molecular formula is C21H31N3O2. The maximum Gasteiger partial charge on any atom is 0.272 e. The van der Waals surface area contributed by atoms with E-state index in [4.69, 9.17) is 4.74 Å². The number of amides is 1. The summed E-state index contributed by atoms with van der Waals surface area (Å²) >= 11 is 0. The molecule has 0 aliphatic heterocycles. The largest absolute Gasteiger partial charge is 0.494 e. The first-order valence-electron chi connectivity index (χ1n) is 9.27. The SMILES string of the molecule is CCOc1ccc(C(C)NC(=O)c2cc(C(C)C)n(C(C)(C)C)n2)cc1. The van der Waals surface area contributed by atoms with E-state index in [9.17, 15) is 4.79 Å². The Morgan fingerprint density at radius 3 is 2.27 bits per heavy atom. The zero-order chi connectivity index (χ0) is 19.5. The van der Waals surface area contributed by atoms with Crippen LogP contribution in [0, 0.1) is 0 Å². The minimum absolute atomic E-state index is 0.111. The van der Waals surface area contributed by atoms with Crippen molar-refractivity contribution in [1.29, 1.82) is 0 Å². The molecule has 26 heavy (non-hydrogen) atoms. The second kappa shape index (κ2) is 7.94. The van der Waals surface area contributed by atoms with Gasteiger partial charge in [-0.1, -0.05) is 26.0 Å². The van der Waals surface area contributed by atoms with Crippen molar-refractivity contribution in [2.45, 2.75) is 66.0 Å². The van der Waals surface area contributed by atoms with E-state index >= 15 is 0 Å². The van der Waals surface area contributed by atoms with Gasteiger partial charge in [0, 0.05) is 5.69 Å². The van der Waals surface area contributed by atoms with Crippen molar-refractivity contribution in [1.82, 2.24) is 15.1 Å². The molecule has 0 saturated carbocycles. The van der Waals surface area contributed by atoms with E-state index in [2.05, 4.69) is 45.0 Å². The second-order valence-electron chi connectivity index (χ2n) is 7.89. The third-order valence-corrected chi connectivity index (χ3v) is 4.24. The highest BCUT2D eigenvalue weighted by Crippen LogP contribution is 2.24. The molecule has 0 saturated heterocycles. The molecule has 1 aromatic carbocycles. The molecule has 0 radical (unpaired) electrons. The number of carbonyl (C=O) groups is 1. The van der Waals surface area contributed by atoms with Crippen molar-refractivity contribution in [3.63, 3.8) is 0 Å². The average Bonchev–Trinajstić information content (AvgIpc) is 3.02. The molecule has 1 amide bonds. The van der Waals surface area contributed by atoms with Crippen molar-refractivity contribution >= 4 is 5.91 Å². The zero-order valence-electron chi connectivity index (χ0n) is 17.0. The molecule has 1 N–H and O–H groups in total. The van der Waals surface area contributed by atoms with Gasteiger partial charge >= 0.3 is 0 Å². The van der Waals surface area contributed by atoms with E-state index in [0.717, 1.165) is 17.0 Å². The van der Waals surface area contributed by atoms with Crippen LogP contribution in [0.15, 0.2) is 30.3 Å². The number of ether oxygens (including phenoxy) is 1. The van der Waals surface area contributed by atoms with Gasteiger partial charge in [-0.2, -0.15) is 5.10 Å². The summed E-state index contributed by atoms with van der Waals surface area (Å²) in [5.74, 6) is 0.975. The Morgan fingerprint density at radius 1 is 1.19 bits per heavy atom. The summed E-state index contributed by atoms with van der Waals surface area (Å²) in [5.41, 5.74) is 2.39. The fourth-order valence-corrected chi connectivity index (χ4v) is 2.83.